The summed E-state index contributed by atoms with van der Waals surface area (Å²) < 4.78 is 62.2. The van der Waals surface area contributed by atoms with Gasteiger partial charge < -0.3 is 52.1 Å². The van der Waals surface area contributed by atoms with Gasteiger partial charge in [-0.25, -0.2) is 4.79 Å². The third-order valence-corrected chi connectivity index (χ3v) is 10.3. The first kappa shape index (κ1) is 50.6. The third kappa shape index (κ3) is 14.8. The van der Waals surface area contributed by atoms with Crippen LogP contribution in [0.3, 0.4) is 0 Å². The molecule has 2 aliphatic rings. The molecule has 19 heteroatoms. The van der Waals surface area contributed by atoms with Crippen LogP contribution in [0.4, 0.5) is 0 Å². The van der Waals surface area contributed by atoms with Crippen molar-refractivity contribution < 1.29 is 90.5 Å². The number of ketones is 1. The van der Waals surface area contributed by atoms with Gasteiger partial charge in [-0.1, -0.05) is 72.8 Å². The van der Waals surface area contributed by atoms with E-state index >= 15 is 0 Å². The molecular weight excluding hydrogens is 905 g/mol. The lowest BCUT2D eigenvalue weighted by atomic mass is 9.92. The highest BCUT2D eigenvalue weighted by Crippen LogP contribution is 2.41. The molecule has 0 saturated carbocycles. The standard InChI is InChI=1S/C50H50O19/c1-29(51)61-28-42-46(64-30(2)52)47(65-31(3)53)48(66-32(4)54)50(69-42)67-37-23-38(49(58)60-22-20-44(57)63-27-34-13-9-6-10-14-34)45-39(55)25-40(68-41(45)24-37)35-15-17-36(18-16-35)59-21-19-43(56)62-26-33-11-7-5-8-12-33/h5-18,23-24,40,42,46-48,50H,19-22,25-28H2,1-4H3/t40?,42-,46-,47+,48-,50-/m1/s1. The Labute approximate surface area is 396 Å². The van der Waals surface area contributed by atoms with E-state index in [0.29, 0.717) is 11.3 Å². The monoisotopic (exact) mass is 954 g/mol. The largest absolute Gasteiger partial charge is 0.493 e. The number of fused-ring (bicyclic) bond motifs is 1. The van der Waals surface area contributed by atoms with Crippen LogP contribution in [-0.2, 0) is 79.9 Å². The van der Waals surface area contributed by atoms with Crippen molar-refractivity contribution in [1.82, 2.24) is 0 Å². The van der Waals surface area contributed by atoms with Gasteiger partial charge in [0.05, 0.1) is 37.0 Å². The zero-order chi connectivity index (χ0) is 49.5. The second kappa shape index (κ2) is 24.3. The predicted molar refractivity (Wildman–Crippen MR) is 235 cm³/mol. The fourth-order valence-corrected chi connectivity index (χ4v) is 7.22. The van der Waals surface area contributed by atoms with E-state index < -0.39 is 97.6 Å². The van der Waals surface area contributed by atoms with Gasteiger partial charge in [-0.05, 0) is 34.9 Å². The van der Waals surface area contributed by atoms with Crippen LogP contribution in [0.25, 0.3) is 0 Å². The summed E-state index contributed by atoms with van der Waals surface area (Å²) in [6, 6.07) is 27.2. The van der Waals surface area contributed by atoms with Crippen LogP contribution in [0, 0.1) is 0 Å². The second-order valence-electron chi connectivity index (χ2n) is 15.6. The average Bonchev–Trinajstić information content (AvgIpc) is 3.31. The molecule has 0 bridgehead atoms. The zero-order valence-corrected chi connectivity index (χ0v) is 38.1. The Hall–Kier alpha value is -7.80. The van der Waals surface area contributed by atoms with Crippen LogP contribution >= 0.6 is 0 Å². The Morgan fingerprint density at radius 3 is 1.74 bits per heavy atom. The van der Waals surface area contributed by atoms with Gasteiger partial charge in [-0.3, -0.25) is 33.6 Å². The lowest BCUT2D eigenvalue weighted by molar-refractivity contribution is -0.288. The first-order valence-electron chi connectivity index (χ1n) is 21.8. The number of carbonyl (C=O) groups is 8. The first-order valence-corrected chi connectivity index (χ1v) is 21.8. The van der Waals surface area contributed by atoms with Crippen LogP contribution in [-0.4, -0.2) is 98.1 Å². The molecule has 1 fully saturated rings. The summed E-state index contributed by atoms with van der Waals surface area (Å²) in [7, 11) is 0. The summed E-state index contributed by atoms with van der Waals surface area (Å²) in [6.07, 6.45) is -9.27. The molecular formula is C50H50O19. The van der Waals surface area contributed by atoms with E-state index in [1.165, 1.54) is 6.07 Å². The fraction of sp³-hybridized carbons (Fsp3) is 0.360. The van der Waals surface area contributed by atoms with Gasteiger partial charge in [-0.15, -0.1) is 0 Å². The highest BCUT2D eigenvalue weighted by atomic mass is 16.7. The molecule has 69 heavy (non-hydrogen) atoms. The topological polar surface area (TPSA) is 238 Å². The maximum Gasteiger partial charge on any atom is 0.339 e. The van der Waals surface area contributed by atoms with Crippen molar-refractivity contribution in [1.29, 1.82) is 0 Å². The molecule has 1 saturated heterocycles. The highest BCUT2D eigenvalue weighted by Gasteiger charge is 2.53. The Balaban J connectivity index is 1.24. The van der Waals surface area contributed by atoms with Crippen molar-refractivity contribution in [2.75, 3.05) is 19.8 Å². The summed E-state index contributed by atoms with van der Waals surface area (Å²) in [5.74, 6) is -5.94. The summed E-state index contributed by atoms with van der Waals surface area (Å²) in [6.45, 7) is 3.50. The summed E-state index contributed by atoms with van der Waals surface area (Å²) in [4.78, 5) is 102. The molecule has 0 aliphatic carbocycles. The molecule has 0 aromatic heterocycles. The van der Waals surface area contributed by atoms with Crippen LogP contribution in [0.1, 0.15) is 90.5 Å². The highest BCUT2D eigenvalue weighted by molar-refractivity contribution is 6.09. The van der Waals surface area contributed by atoms with E-state index in [1.807, 2.05) is 36.4 Å². The number of benzene rings is 4. The zero-order valence-electron chi connectivity index (χ0n) is 38.1. The maximum atomic E-state index is 14.0. The lowest BCUT2D eigenvalue weighted by Gasteiger charge is -2.44. The number of carbonyl (C=O) groups excluding carboxylic acids is 8. The molecule has 19 nitrogen and oxygen atoms in total. The maximum absolute atomic E-state index is 14.0. The molecule has 2 aliphatic heterocycles. The van der Waals surface area contributed by atoms with E-state index in [2.05, 4.69) is 0 Å². The Morgan fingerprint density at radius 2 is 1.16 bits per heavy atom. The van der Waals surface area contributed by atoms with Crippen molar-refractivity contribution >= 4 is 47.6 Å². The van der Waals surface area contributed by atoms with E-state index in [1.54, 1.807) is 48.5 Å². The minimum atomic E-state index is -1.72. The number of rotatable bonds is 20. The van der Waals surface area contributed by atoms with Gasteiger partial charge in [0.2, 0.25) is 12.4 Å². The van der Waals surface area contributed by atoms with Crippen molar-refractivity contribution in [3.63, 3.8) is 0 Å². The number of ether oxygens (including phenoxy) is 11. The molecule has 0 spiro atoms. The minimum absolute atomic E-state index is 0.00330. The average molecular weight is 955 g/mol. The van der Waals surface area contributed by atoms with Crippen LogP contribution in [0.15, 0.2) is 97.1 Å². The summed E-state index contributed by atoms with van der Waals surface area (Å²) in [5, 5.41) is 0. The molecule has 0 N–H and O–H groups in total. The van der Waals surface area contributed by atoms with Crippen molar-refractivity contribution in [3.05, 3.63) is 125 Å². The predicted octanol–water partition coefficient (Wildman–Crippen LogP) is 5.66. The molecule has 0 amide bonds. The van der Waals surface area contributed by atoms with E-state index in [4.69, 9.17) is 52.1 Å². The molecule has 2 heterocycles. The lowest BCUT2D eigenvalue weighted by Crippen LogP contribution is -2.63. The van der Waals surface area contributed by atoms with Gasteiger partial charge in [0.15, 0.2) is 18.0 Å². The van der Waals surface area contributed by atoms with E-state index in [9.17, 15) is 38.4 Å². The molecule has 6 rings (SSSR count). The van der Waals surface area contributed by atoms with Gasteiger partial charge in [-0.2, -0.15) is 0 Å². The fourth-order valence-electron chi connectivity index (χ4n) is 7.22. The van der Waals surface area contributed by atoms with Crippen molar-refractivity contribution in [2.45, 2.75) is 97.0 Å². The second-order valence-corrected chi connectivity index (χ2v) is 15.6. The van der Waals surface area contributed by atoms with E-state index in [0.717, 1.165) is 44.9 Å². The number of hydrogen-bond donors (Lipinski definition) is 0. The van der Waals surface area contributed by atoms with Crippen LogP contribution in [0.5, 0.6) is 17.2 Å². The Bertz CT molecular complexity index is 2470. The normalized spacial score (nSPS) is 19.3. The van der Waals surface area contributed by atoms with Crippen molar-refractivity contribution in [2.24, 2.45) is 0 Å². The molecule has 0 radical (unpaired) electrons. The van der Waals surface area contributed by atoms with Gasteiger partial charge in [0.1, 0.15) is 55.9 Å². The number of esters is 7. The minimum Gasteiger partial charge on any atom is -0.493 e. The third-order valence-electron chi connectivity index (χ3n) is 10.3. The number of hydrogen-bond acceptors (Lipinski definition) is 19. The Kier molecular flexibility index (Phi) is 17.8. The van der Waals surface area contributed by atoms with E-state index in [-0.39, 0.29) is 61.7 Å². The molecule has 4 aromatic rings. The first-order chi connectivity index (χ1) is 33.1. The van der Waals surface area contributed by atoms with Gasteiger partial charge in [0, 0.05) is 33.8 Å². The molecule has 1 unspecified atom stereocenters. The Morgan fingerprint density at radius 1 is 0.594 bits per heavy atom. The van der Waals surface area contributed by atoms with Crippen LogP contribution in [0.2, 0.25) is 0 Å². The molecule has 364 valence electrons. The SMILES string of the molecule is CC(=O)OC[C@H]1O[C@@H](Oc2cc3c(c(C(=O)OCCC(=O)OCc4ccccc4)c2)C(=O)CC(c2ccc(OCCC(=O)OCc4ccccc4)cc2)O3)[C@H](OC(C)=O)[C@@H](OC(C)=O)[C@@H]1OC(C)=O. The number of Topliss-reactive ketones (excluding diaryl/α,β-unsaturated/α-hetero) is 1. The molecule has 6 atom stereocenters. The summed E-state index contributed by atoms with van der Waals surface area (Å²) in [5.41, 5.74) is 1.63. The molecule has 4 aromatic carbocycles. The van der Waals surface area contributed by atoms with Gasteiger partial charge in [0.25, 0.3) is 0 Å². The smallest absolute Gasteiger partial charge is 0.339 e. The quantitative estimate of drug-likeness (QED) is 0.0767. The summed E-state index contributed by atoms with van der Waals surface area (Å²) >= 11 is 0. The van der Waals surface area contributed by atoms with Crippen molar-refractivity contribution in [3.8, 4) is 17.2 Å². The van der Waals surface area contributed by atoms with Crippen LogP contribution < -0.4 is 14.2 Å². The van der Waals surface area contributed by atoms with Gasteiger partial charge >= 0.3 is 41.8 Å².